The van der Waals surface area contributed by atoms with Crippen LogP contribution in [-0.4, -0.2) is 27.8 Å². The molecule has 0 aliphatic heterocycles. The second kappa shape index (κ2) is 5.22. The van der Waals surface area contributed by atoms with E-state index < -0.39 is 17.7 Å². The summed E-state index contributed by atoms with van der Waals surface area (Å²) in [5.74, 6) is -1.27. The van der Waals surface area contributed by atoms with E-state index in [1.54, 1.807) is 20.8 Å². The van der Waals surface area contributed by atoms with Gasteiger partial charge in [-0.05, 0) is 26.8 Å². The van der Waals surface area contributed by atoms with Crippen LogP contribution in [0.2, 0.25) is 5.02 Å². The Morgan fingerprint density at radius 3 is 2.56 bits per heavy atom. The number of ether oxygens (including phenoxy) is 1. The van der Waals surface area contributed by atoms with E-state index in [1.807, 2.05) is 0 Å². The Labute approximate surface area is 109 Å². The third kappa shape index (κ3) is 4.21. The molecule has 2 N–H and O–H groups in total. The Morgan fingerprint density at radius 2 is 2.06 bits per heavy atom. The number of aromatic nitrogens is 1. The number of nitrogens with zero attached hydrogens (tertiary/aromatic N) is 1. The third-order valence-corrected chi connectivity index (χ3v) is 1.90. The van der Waals surface area contributed by atoms with Crippen LogP contribution in [0.4, 0.5) is 10.5 Å². The Balaban J connectivity index is 2.93. The smallest absolute Gasteiger partial charge is 0.412 e. The molecule has 1 heterocycles. The van der Waals surface area contributed by atoms with E-state index in [0.29, 0.717) is 0 Å². The number of anilines is 1. The molecule has 0 saturated heterocycles. The number of hydrogen-bond acceptors (Lipinski definition) is 4. The molecule has 0 unspecified atom stereocenters. The monoisotopic (exact) mass is 272 g/mol. The summed E-state index contributed by atoms with van der Waals surface area (Å²) < 4.78 is 5.00. The van der Waals surface area contributed by atoms with Crippen molar-refractivity contribution in [3.8, 4) is 0 Å². The second-order valence-electron chi connectivity index (χ2n) is 4.48. The highest BCUT2D eigenvalue weighted by atomic mass is 35.5. The fraction of sp³-hybridized carbons (Fsp3) is 0.364. The minimum absolute atomic E-state index is 0.00995. The second-order valence-corrected chi connectivity index (χ2v) is 4.92. The van der Waals surface area contributed by atoms with Crippen LogP contribution < -0.4 is 5.32 Å². The summed E-state index contributed by atoms with van der Waals surface area (Å²) in [7, 11) is 0. The lowest BCUT2D eigenvalue weighted by Crippen LogP contribution is -2.27. The fourth-order valence-corrected chi connectivity index (χ4v) is 1.28. The van der Waals surface area contributed by atoms with Crippen LogP contribution in [0.3, 0.4) is 0 Å². The van der Waals surface area contributed by atoms with Crippen molar-refractivity contribution in [1.82, 2.24) is 4.98 Å². The van der Waals surface area contributed by atoms with Crippen LogP contribution in [0.5, 0.6) is 0 Å². The molecule has 0 aliphatic carbocycles. The molecule has 6 nitrogen and oxygen atoms in total. The molecule has 0 aromatic carbocycles. The molecule has 0 bridgehead atoms. The number of rotatable bonds is 2. The molecule has 7 heteroatoms. The van der Waals surface area contributed by atoms with Gasteiger partial charge >= 0.3 is 12.1 Å². The Bertz CT molecular complexity index is 482. The quantitative estimate of drug-likeness (QED) is 0.864. The maximum absolute atomic E-state index is 11.5. The molecule has 18 heavy (non-hydrogen) atoms. The van der Waals surface area contributed by atoms with E-state index in [2.05, 4.69) is 10.3 Å². The summed E-state index contributed by atoms with van der Waals surface area (Å²) >= 11 is 5.69. The largest absolute Gasteiger partial charge is 0.476 e. The molecule has 1 aromatic rings. The Morgan fingerprint density at radius 1 is 1.44 bits per heavy atom. The number of carboxylic acids is 1. The zero-order valence-corrected chi connectivity index (χ0v) is 10.9. The van der Waals surface area contributed by atoms with E-state index in [-0.39, 0.29) is 16.4 Å². The van der Waals surface area contributed by atoms with Crippen molar-refractivity contribution in [2.45, 2.75) is 26.4 Å². The van der Waals surface area contributed by atoms with Gasteiger partial charge in [0.2, 0.25) is 0 Å². The Hall–Kier alpha value is -1.82. The number of carboxylic acid groups (broad SMARTS) is 1. The van der Waals surface area contributed by atoms with Crippen LogP contribution in [0.1, 0.15) is 31.3 Å². The number of carbonyl (C=O) groups excluding carboxylic acids is 1. The van der Waals surface area contributed by atoms with Crippen LogP contribution in [0.25, 0.3) is 0 Å². The number of carbonyl (C=O) groups is 2. The van der Waals surface area contributed by atoms with Crippen molar-refractivity contribution in [3.05, 3.63) is 23.0 Å². The van der Waals surface area contributed by atoms with E-state index >= 15 is 0 Å². The predicted molar refractivity (Wildman–Crippen MR) is 66.1 cm³/mol. The van der Waals surface area contributed by atoms with Gasteiger partial charge < -0.3 is 9.84 Å². The molecule has 1 rings (SSSR count). The van der Waals surface area contributed by atoms with Gasteiger partial charge in [0.1, 0.15) is 5.60 Å². The molecule has 98 valence electrons. The van der Waals surface area contributed by atoms with Gasteiger partial charge in [-0.1, -0.05) is 11.6 Å². The van der Waals surface area contributed by atoms with Crippen LogP contribution in [0, 0.1) is 0 Å². The maximum atomic E-state index is 11.5. The highest BCUT2D eigenvalue weighted by molar-refractivity contribution is 6.30. The van der Waals surface area contributed by atoms with Crippen molar-refractivity contribution in [3.63, 3.8) is 0 Å². The zero-order chi connectivity index (χ0) is 13.9. The van der Waals surface area contributed by atoms with E-state index in [9.17, 15) is 9.59 Å². The van der Waals surface area contributed by atoms with Gasteiger partial charge in [0.05, 0.1) is 10.7 Å². The average Bonchev–Trinajstić information content (AvgIpc) is 2.13. The van der Waals surface area contributed by atoms with Gasteiger partial charge in [-0.2, -0.15) is 0 Å². The molecular weight excluding hydrogens is 260 g/mol. The average molecular weight is 273 g/mol. The normalized spacial score (nSPS) is 10.9. The van der Waals surface area contributed by atoms with Gasteiger partial charge in [0, 0.05) is 6.20 Å². The first kappa shape index (κ1) is 14.2. The third-order valence-electron chi connectivity index (χ3n) is 1.69. The Kier molecular flexibility index (Phi) is 4.13. The summed E-state index contributed by atoms with van der Waals surface area (Å²) in [6.07, 6.45) is 0.416. The number of nitrogens with one attached hydrogen (secondary N) is 1. The number of hydrogen-bond donors (Lipinski definition) is 2. The van der Waals surface area contributed by atoms with Crippen LogP contribution >= 0.6 is 11.6 Å². The van der Waals surface area contributed by atoms with Crippen LogP contribution in [0.15, 0.2) is 12.3 Å². The lowest BCUT2D eigenvalue weighted by Gasteiger charge is -2.20. The number of amides is 1. The predicted octanol–water partition coefficient (Wildman–Crippen LogP) is 2.78. The molecule has 0 atom stereocenters. The SMILES string of the molecule is CC(C)(C)OC(=O)Nc1cc(Cl)cnc1C(=O)O. The lowest BCUT2D eigenvalue weighted by atomic mass is 10.2. The molecule has 0 radical (unpaired) electrons. The molecule has 0 aliphatic rings. The van der Waals surface area contributed by atoms with Gasteiger partial charge in [0.25, 0.3) is 0 Å². The van der Waals surface area contributed by atoms with Crippen molar-refractivity contribution in [2.24, 2.45) is 0 Å². The topological polar surface area (TPSA) is 88.5 Å². The fourth-order valence-electron chi connectivity index (χ4n) is 1.12. The minimum atomic E-state index is -1.27. The van der Waals surface area contributed by atoms with E-state index in [0.717, 1.165) is 0 Å². The molecule has 0 saturated carbocycles. The first-order valence-corrected chi connectivity index (χ1v) is 5.45. The van der Waals surface area contributed by atoms with Gasteiger partial charge in [0.15, 0.2) is 5.69 Å². The van der Waals surface area contributed by atoms with Crippen molar-refractivity contribution in [2.75, 3.05) is 5.32 Å². The van der Waals surface area contributed by atoms with E-state index in [1.165, 1.54) is 12.3 Å². The maximum Gasteiger partial charge on any atom is 0.412 e. The van der Waals surface area contributed by atoms with E-state index in [4.69, 9.17) is 21.4 Å². The summed E-state index contributed by atoms with van der Waals surface area (Å²) in [5.41, 5.74) is -0.992. The zero-order valence-electron chi connectivity index (χ0n) is 10.2. The van der Waals surface area contributed by atoms with Crippen molar-refractivity contribution >= 4 is 29.4 Å². The summed E-state index contributed by atoms with van der Waals surface area (Å²) in [4.78, 5) is 26.0. The number of halogens is 1. The molecule has 0 fully saturated rings. The highest BCUT2D eigenvalue weighted by Crippen LogP contribution is 2.19. The summed E-state index contributed by atoms with van der Waals surface area (Å²) in [5, 5.41) is 11.4. The lowest BCUT2D eigenvalue weighted by molar-refractivity contribution is 0.0636. The molecule has 1 amide bonds. The molecular formula is C11H13ClN2O4. The standard InChI is InChI=1S/C11H13ClN2O4/c1-11(2,3)18-10(17)14-7-4-6(12)5-13-8(7)9(15)16/h4-5H,1-3H3,(H,14,17)(H,15,16). The van der Waals surface area contributed by atoms with Crippen molar-refractivity contribution in [1.29, 1.82) is 0 Å². The highest BCUT2D eigenvalue weighted by Gasteiger charge is 2.19. The van der Waals surface area contributed by atoms with Gasteiger partial charge in [-0.15, -0.1) is 0 Å². The van der Waals surface area contributed by atoms with Gasteiger partial charge in [-0.25, -0.2) is 14.6 Å². The first-order valence-electron chi connectivity index (χ1n) is 5.08. The number of aromatic carboxylic acids is 1. The summed E-state index contributed by atoms with van der Waals surface area (Å²) in [6, 6.07) is 1.29. The first-order chi connectivity index (χ1) is 8.19. The van der Waals surface area contributed by atoms with Crippen molar-refractivity contribution < 1.29 is 19.4 Å². The van der Waals surface area contributed by atoms with Crippen LogP contribution in [-0.2, 0) is 4.74 Å². The minimum Gasteiger partial charge on any atom is -0.476 e. The number of pyridine rings is 1. The molecule has 1 aromatic heterocycles. The van der Waals surface area contributed by atoms with Gasteiger partial charge in [-0.3, -0.25) is 5.32 Å². The molecule has 0 spiro atoms. The summed E-state index contributed by atoms with van der Waals surface area (Å²) in [6.45, 7) is 5.09.